The second kappa shape index (κ2) is 12.0. The molecule has 4 N–H and O–H groups in total. The van der Waals surface area contributed by atoms with Gasteiger partial charge in [-0.2, -0.15) is 0 Å². The van der Waals surface area contributed by atoms with Crippen LogP contribution in [0.4, 0.5) is 0 Å². The fraction of sp³-hybridized carbons (Fsp3) is 0.857. The van der Waals surface area contributed by atoms with Crippen molar-refractivity contribution >= 4 is 11.8 Å². The van der Waals surface area contributed by atoms with Gasteiger partial charge in [0.1, 0.15) is 0 Å². The van der Waals surface area contributed by atoms with Crippen LogP contribution in [-0.2, 0) is 9.59 Å². The molecule has 0 aliphatic heterocycles. The van der Waals surface area contributed by atoms with E-state index in [4.69, 9.17) is 5.73 Å². The Balaban J connectivity index is 3.69. The molecule has 0 aliphatic rings. The molecule has 1 atom stereocenters. The fourth-order valence-corrected chi connectivity index (χ4v) is 2.10. The first-order valence-corrected chi connectivity index (χ1v) is 7.37. The molecule has 0 heterocycles. The molecule has 5 heteroatoms. The van der Waals surface area contributed by atoms with E-state index >= 15 is 0 Å². The summed E-state index contributed by atoms with van der Waals surface area (Å²) in [4.78, 5) is 22.8. The predicted molar refractivity (Wildman–Crippen MR) is 77.6 cm³/mol. The Morgan fingerprint density at radius 1 is 1.00 bits per heavy atom. The molecule has 0 saturated heterocycles. The molecule has 19 heavy (non-hydrogen) atoms. The van der Waals surface area contributed by atoms with E-state index in [0.717, 1.165) is 25.7 Å². The number of rotatable bonds is 11. The monoisotopic (exact) mass is 271 g/mol. The van der Waals surface area contributed by atoms with Crippen molar-refractivity contribution in [3.63, 3.8) is 0 Å². The smallest absolute Gasteiger partial charge is 0.221 e. The molecule has 0 bridgehead atoms. The molecule has 0 spiro atoms. The molecule has 0 radical (unpaired) electrons. The largest absolute Gasteiger partial charge is 0.356 e. The molecular weight excluding hydrogens is 242 g/mol. The van der Waals surface area contributed by atoms with Crippen molar-refractivity contribution in [1.29, 1.82) is 0 Å². The zero-order valence-electron chi connectivity index (χ0n) is 12.3. The van der Waals surface area contributed by atoms with E-state index in [0.29, 0.717) is 38.4 Å². The van der Waals surface area contributed by atoms with E-state index in [2.05, 4.69) is 17.6 Å². The minimum atomic E-state index is -0.0187. The first-order chi connectivity index (χ1) is 9.13. The van der Waals surface area contributed by atoms with Gasteiger partial charge in [-0.25, -0.2) is 0 Å². The van der Waals surface area contributed by atoms with Crippen LogP contribution < -0.4 is 16.4 Å². The molecule has 5 nitrogen and oxygen atoms in total. The summed E-state index contributed by atoms with van der Waals surface area (Å²) in [5.74, 6) is 0.557. The predicted octanol–water partition coefficient (Wildman–Crippen LogP) is 1.17. The number of hydrogen-bond donors (Lipinski definition) is 3. The Labute approximate surface area is 116 Å². The van der Waals surface area contributed by atoms with Gasteiger partial charge in [0.05, 0.1) is 0 Å². The highest BCUT2D eigenvalue weighted by molar-refractivity contribution is 5.78. The van der Waals surface area contributed by atoms with Gasteiger partial charge in [-0.05, 0) is 32.2 Å². The third-order valence-corrected chi connectivity index (χ3v) is 3.10. The van der Waals surface area contributed by atoms with Crippen molar-refractivity contribution < 1.29 is 9.59 Å². The lowest BCUT2D eigenvalue weighted by Gasteiger charge is -2.14. The topological polar surface area (TPSA) is 84.2 Å². The van der Waals surface area contributed by atoms with E-state index in [9.17, 15) is 9.59 Å². The number of hydrogen-bond acceptors (Lipinski definition) is 3. The van der Waals surface area contributed by atoms with Crippen molar-refractivity contribution in [1.82, 2.24) is 10.6 Å². The van der Waals surface area contributed by atoms with Gasteiger partial charge in [0.15, 0.2) is 0 Å². The van der Waals surface area contributed by atoms with Gasteiger partial charge in [-0.15, -0.1) is 0 Å². The molecular formula is C14H29N3O2. The highest BCUT2D eigenvalue weighted by Crippen LogP contribution is 2.16. The zero-order chi connectivity index (χ0) is 14.5. The van der Waals surface area contributed by atoms with Crippen molar-refractivity contribution in [3.8, 4) is 0 Å². The molecule has 0 rings (SSSR count). The Hall–Kier alpha value is -1.10. The lowest BCUT2D eigenvalue weighted by molar-refractivity contribution is -0.122. The Morgan fingerprint density at radius 2 is 1.68 bits per heavy atom. The quantitative estimate of drug-likeness (QED) is 0.527. The molecule has 0 fully saturated rings. The zero-order valence-corrected chi connectivity index (χ0v) is 12.3. The van der Waals surface area contributed by atoms with Crippen LogP contribution in [0.1, 0.15) is 52.4 Å². The SMILES string of the molecule is CCCC(CCN)CCC(=O)NCCC(=O)NCC. The van der Waals surface area contributed by atoms with E-state index in [1.165, 1.54) is 0 Å². The van der Waals surface area contributed by atoms with Crippen LogP contribution in [0.15, 0.2) is 0 Å². The maximum Gasteiger partial charge on any atom is 0.221 e. The first kappa shape index (κ1) is 17.9. The minimum Gasteiger partial charge on any atom is -0.356 e. The third kappa shape index (κ3) is 10.5. The molecule has 0 aromatic rings. The summed E-state index contributed by atoms with van der Waals surface area (Å²) in [7, 11) is 0. The number of carbonyl (C=O) groups excluding carboxylic acids is 2. The minimum absolute atomic E-state index is 0.0187. The third-order valence-electron chi connectivity index (χ3n) is 3.10. The number of carbonyl (C=O) groups is 2. The number of nitrogens with one attached hydrogen (secondary N) is 2. The summed E-state index contributed by atoms with van der Waals surface area (Å²) in [6, 6.07) is 0. The standard InChI is InChI=1S/C14H29N3O2/c1-3-5-12(8-10-15)6-7-13(18)17-11-9-14(19)16-4-2/h12H,3-11,15H2,1-2H3,(H,16,19)(H,17,18). The van der Waals surface area contributed by atoms with Gasteiger partial charge >= 0.3 is 0 Å². The lowest BCUT2D eigenvalue weighted by Crippen LogP contribution is -2.30. The molecule has 2 amide bonds. The van der Waals surface area contributed by atoms with Gasteiger partial charge in [-0.3, -0.25) is 9.59 Å². The summed E-state index contributed by atoms with van der Waals surface area (Å²) in [6.07, 6.45) is 5.01. The maximum atomic E-state index is 11.6. The fourth-order valence-electron chi connectivity index (χ4n) is 2.10. The summed E-state index contributed by atoms with van der Waals surface area (Å²) < 4.78 is 0. The number of nitrogens with two attached hydrogens (primary N) is 1. The molecule has 112 valence electrons. The van der Waals surface area contributed by atoms with Crippen molar-refractivity contribution in [3.05, 3.63) is 0 Å². The Bertz CT molecular complexity index is 251. The summed E-state index contributed by atoms with van der Waals surface area (Å²) >= 11 is 0. The van der Waals surface area contributed by atoms with Crippen LogP contribution in [0.5, 0.6) is 0 Å². The van der Waals surface area contributed by atoms with E-state index in [-0.39, 0.29) is 11.8 Å². The van der Waals surface area contributed by atoms with Gasteiger partial charge in [0.25, 0.3) is 0 Å². The lowest BCUT2D eigenvalue weighted by atomic mass is 9.94. The molecule has 0 saturated carbocycles. The average molecular weight is 271 g/mol. The molecule has 0 aromatic heterocycles. The molecule has 1 unspecified atom stereocenters. The average Bonchev–Trinajstić information content (AvgIpc) is 2.37. The number of amides is 2. The van der Waals surface area contributed by atoms with Crippen LogP contribution in [-0.4, -0.2) is 31.4 Å². The molecule has 0 aliphatic carbocycles. The normalized spacial score (nSPS) is 11.9. The summed E-state index contributed by atoms with van der Waals surface area (Å²) in [5.41, 5.74) is 5.56. The van der Waals surface area contributed by atoms with Gasteiger partial charge in [0, 0.05) is 25.9 Å². The Kier molecular flexibility index (Phi) is 11.3. The van der Waals surface area contributed by atoms with Crippen LogP contribution >= 0.6 is 0 Å². The second-order valence-corrected chi connectivity index (χ2v) is 4.82. The molecule has 0 aromatic carbocycles. The van der Waals surface area contributed by atoms with Crippen molar-refractivity contribution in [2.24, 2.45) is 11.7 Å². The van der Waals surface area contributed by atoms with Gasteiger partial charge in [0.2, 0.25) is 11.8 Å². The highest BCUT2D eigenvalue weighted by atomic mass is 16.2. The maximum absolute atomic E-state index is 11.6. The van der Waals surface area contributed by atoms with E-state index < -0.39 is 0 Å². The van der Waals surface area contributed by atoms with Gasteiger partial charge in [-0.1, -0.05) is 19.8 Å². The first-order valence-electron chi connectivity index (χ1n) is 7.37. The van der Waals surface area contributed by atoms with E-state index in [1.54, 1.807) is 0 Å². The second-order valence-electron chi connectivity index (χ2n) is 4.82. The van der Waals surface area contributed by atoms with E-state index in [1.807, 2.05) is 6.92 Å². The van der Waals surface area contributed by atoms with Crippen molar-refractivity contribution in [2.75, 3.05) is 19.6 Å². The van der Waals surface area contributed by atoms with Crippen molar-refractivity contribution in [2.45, 2.75) is 52.4 Å². The van der Waals surface area contributed by atoms with Gasteiger partial charge < -0.3 is 16.4 Å². The summed E-state index contributed by atoms with van der Waals surface area (Å²) in [5, 5.41) is 5.48. The van der Waals surface area contributed by atoms with Crippen LogP contribution in [0.3, 0.4) is 0 Å². The van der Waals surface area contributed by atoms with Crippen LogP contribution in [0.25, 0.3) is 0 Å². The summed E-state index contributed by atoms with van der Waals surface area (Å²) in [6.45, 7) is 5.76. The van der Waals surface area contributed by atoms with Crippen LogP contribution in [0.2, 0.25) is 0 Å². The highest BCUT2D eigenvalue weighted by Gasteiger charge is 2.10. The van der Waals surface area contributed by atoms with Crippen LogP contribution in [0, 0.1) is 5.92 Å². The Morgan fingerprint density at radius 3 is 2.26 bits per heavy atom.